The zero-order valence-electron chi connectivity index (χ0n) is 14.2. The molecule has 2 aromatic rings. The van der Waals surface area contributed by atoms with Crippen LogP contribution in [0.1, 0.15) is 5.56 Å². The molecule has 0 radical (unpaired) electrons. The van der Waals surface area contributed by atoms with E-state index in [2.05, 4.69) is 0 Å². The molecule has 136 valence electrons. The molecule has 1 heterocycles. The minimum absolute atomic E-state index is 0.0428. The van der Waals surface area contributed by atoms with Crippen molar-refractivity contribution in [1.29, 1.82) is 0 Å². The van der Waals surface area contributed by atoms with Gasteiger partial charge in [0.1, 0.15) is 0 Å². The van der Waals surface area contributed by atoms with Crippen molar-refractivity contribution in [2.24, 2.45) is 14.1 Å². The summed E-state index contributed by atoms with van der Waals surface area (Å²) < 4.78 is 46.5. The number of aryl methyl sites for hydroxylation is 1. The van der Waals surface area contributed by atoms with E-state index >= 15 is 0 Å². The van der Waals surface area contributed by atoms with Gasteiger partial charge >= 0.3 is 5.69 Å². The van der Waals surface area contributed by atoms with Crippen LogP contribution in [0.25, 0.3) is 0 Å². The molecule has 0 amide bonds. The number of halogens is 1. The Morgan fingerprint density at radius 1 is 1.24 bits per heavy atom. The van der Waals surface area contributed by atoms with Crippen LogP contribution in [-0.2, 0) is 30.7 Å². The third-order valence-corrected chi connectivity index (χ3v) is 5.51. The fraction of sp³-hybridized carbons (Fsp3) is 0.333. The molecular weight excluding hydrogens is 353 g/mol. The molecule has 0 spiro atoms. The largest absolute Gasteiger partial charge is 0.494 e. The Morgan fingerprint density at radius 2 is 1.88 bits per heavy atom. The number of methoxy groups -OCH3 is 1. The molecule has 2 rings (SSSR count). The van der Waals surface area contributed by atoms with Gasteiger partial charge in [0.25, 0.3) is 5.56 Å². The minimum Gasteiger partial charge on any atom is -0.494 e. The standard InChI is InChI=1S/C15H18FN3O5S/c1-17-9-13(14(20)19(3)15(17)21)25(22,23)18(2)8-10-5-6-12(24-4)11(16)7-10/h5-7,9H,8H2,1-4H3. The highest BCUT2D eigenvalue weighted by Crippen LogP contribution is 2.20. The van der Waals surface area contributed by atoms with Crippen molar-refractivity contribution >= 4 is 10.0 Å². The molecule has 0 saturated carbocycles. The fourth-order valence-electron chi connectivity index (χ4n) is 2.27. The van der Waals surface area contributed by atoms with E-state index in [9.17, 15) is 22.4 Å². The van der Waals surface area contributed by atoms with Gasteiger partial charge in [-0.2, -0.15) is 4.31 Å². The summed E-state index contributed by atoms with van der Waals surface area (Å²) >= 11 is 0. The van der Waals surface area contributed by atoms with E-state index in [1.165, 1.54) is 40.4 Å². The van der Waals surface area contributed by atoms with Crippen molar-refractivity contribution < 1.29 is 17.5 Å². The predicted octanol–water partition coefficient (Wildman–Crippen LogP) is 0.0524. The summed E-state index contributed by atoms with van der Waals surface area (Å²) in [5, 5.41) is 0. The van der Waals surface area contributed by atoms with Gasteiger partial charge in [-0.15, -0.1) is 0 Å². The Bertz CT molecular complexity index is 1030. The zero-order valence-corrected chi connectivity index (χ0v) is 15.0. The molecule has 0 saturated heterocycles. The molecule has 1 aromatic heterocycles. The Balaban J connectivity index is 2.42. The first-order valence-electron chi connectivity index (χ1n) is 7.15. The maximum atomic E-state index is 13.8. The molecule has 0 bridgehead atoms. The lowest BCUT2D eigenvalue weighted by Gasteiger charge is -2.18. The molecule has 0 unspecified atom stereocenters. The first kappa shape index (κ1) is 18.9. The van der Waals surface area contributed by atoms with Crippen LogP contribution < -0.4 is 16.0 Å². The summed E-state index contributed by atoms with van der Waals surface area (Å²) in [6, 6.07) is 4.06. The van der Waals surface area contributed by atoms with Crippen molar-refractivity contribution in [3.63, 3.8) is 0 Å². The zero-order chi connectivity index (χ0) is 18.9. The van der Waals surface area contributed by atoms with E-state index in [-0.39, 0.29) is 12.3 Å². The van der Waals surface area contributed by atoms with Crippen molar-refractivity contribution in [3.8, 4) is 5.75 Å². The normalized spacial score (nSPS) is 11.8. The average molecular weight is 371 g/mol. The second kappa shape index (κ2) is 6.81. The number of aromatic nitrogens is 2. The number of ether oxygens (including phenoxy) is 1. The van der Waals surface area contributed by atoms with Crippen molar-refractivity contribution in [3.05, 3.63) is 56.6 Å². The quantitative estimate of drug-likeness (QED) is 0.741. The summed E-state index contributed by atoms with van der Waals surface area (Å²) in [6.45, 7) is -0.157. The lowest BCUT2D eigenvalue weighted by Crippen LogP contribution is -2.41. The number of hydrogen-bond donors (Lipinski definition) is 0. The number of rotatable bonds is 5. The van der Waals surface area contributed by atoms with E-state index in [1.54, 1.807) is 0 Å². The molecule has 0 N–H and O–H groups in total. The summed E-state index contributed by atoms with van der Waals surface area (Å²) in [7, 11) is 0.962. The number of sulfonamides is 1. The lowest BCUT2D eigenvalue weighted by molar-refractivity contribution is 0.385. The topological polar surface area (TPSA) is 90.6 Å². The van der Waals surface area contributed by atoms with Gasteiger partial charge in [-0.25, -0.2) is 17.6 Å². The Kier molecular flexibility index (Phi) is 5.14. The molecule has 0 atom stereocenters. The molecule has 0 aliphatic heterocycles. The summed E-state index contributed by atoms with van der Waals surface area (Å²) in [6.07, 6.45) is 0.977. The van der Waals surface area contributed by atoms with Gasteiger partial charge in [0.15, 0.2) is 16.5 Å². The van der Waals surface area contributed by atoms with Gasteiger partial charge < -0.3 is 9.30 Å². The molecule has 10 heteroatoms. The van der Waals surface area contributed by atoms with Gasteiger partial charge in [0, 0.05) is 33.9 Å². The molecule has 0 aliphatic rings. The van der Waals surface area contributed by atoms with Crippen LogP contribution in [-0.4, -0.2) is 36.0 Å². The molecule has 8 nitrogen and oxygen atoms in total. The van der Waals surface area contributed by atoms with Gasteiger partial charge in [0.05, 0.1) is 7.11 Å². The van der Waals surface area contributed by atoms with Crippen LogP contribution in [0.4, 0.5) is 4.39 Å². The predicted molar refractivity (Wildman–Crippen MR) is 88.5 cm³/mol. The van der Waals surface area contributed by atoms with E-state index in [0.717, 1.165) is 21.1 Å². The monoisotopic (exact) mass is 371 g/mol. The third kappa shape index (κ3) is 3.49. The molecule has 25 heavy (non-hydrogen) atoms. The third-order valence-electron chi connectivity index (χ3n) is 3.72. The average Bonchev–Trinajstić information content (AvgIpc) is 2.56. The Labute approximate surface area is 143 Å². The number of nitrogens with zero attached hydrogens (tertiary/aromatic N) is 3. The highest BCUT2D eigenvalue weighted by molar-refractivity contribution is 7.89. The first-order chi connectivity index (χ1) is 11.6. The highest BCUT2D eigenvalue weighted by atomic mass is 32.2. The van der Waals surface area contributed by atoms with Crippen molar-refractivity contribution in [1.82, 2.24) is 13.4 Å². The maximum Gasteiger partial charge on any atom is 0.330 e. The number of hydrogen-bond acceptors (Lipinski definition) is 5. The first-order valence-corrected chi connectivity index (χ1v) is 8.59. The number of benzene rings is 1. The molecule has 1 aromatic carbocycles. The van der Waals surface area contributed by atoms with Crippen LogP contribution in [0.2, 0.25) is 0 Å². The highest BCUT2D eigenvalue weighted by Gasteiger charge is 2.26. The fourth-order valence-corrected chi connectivity index (χ4v) is 3.57. The summed E-state index contributed by atoms with van der Waals surface area (Å²) in [5.74, 6) is -0.579. The SMILES string of the molecule is COc1ccc(CN(C)S(=O)(=O)c2cn(C)c(=O)n(C)c2=O)cc1F. The van der Waals surface area contributed by atoms with Gasteiger partial charge in [-0.1, -0.05) is 6.07 Å². The van der Waals surface area contributed by atoms with Crippen LogP contribution in [0, 0.1) is 5.82 Å². The molecule has 0 fully saturated rings. The van der Waals surface area contributed by atoms with E-state index in [0.29, 0.717) is 10.1 Å². The molecular formula is C15H18FN3O5S. The Morgan fingerprint density at radius 3 is 2.44 bits per heavy atom. The van der Waals surface area contributed by atoms with Crippen LogP contribution in [0.3, 0.4) is 0 Å². The van der Waals surface area contributed by atoms with Crippen LogP contribution in [0.5, 0.6) is 5.75 Å². The molecule has 0 aliphatic carbocycles. The van der Waals surface area contributed by atoms with Crippen molar-refractivity contribution in [2.75, 3.05) is 14.2 Å². The van der Waals surface area contributed by atoms with Gasteiger partial charge in [0.2, 0.25) is 10.0 Å². The lowest BCUT2D eigenvalue weighted by atomic mass is 10.2. The summed E-state index contributed by atoms with van der Waals surface area (Å²) in [5.41, 5.74) is -1.18. The van der Waals surface area contributed by atoms with Gasteiger partial charge in [-0.3, -0.25) is 9.36 Å². The van der Waals surface area contributed by atoms with E-state index in [1.807, 2.05) is 0 Å². The second-order valence-corrected chi connectivity index (χ2v) is 7.49. The Hall–Kier alpha value is -2.46. The van der Waals surface area contributed by atoms with E-state index in [4.69, 9.17) is 4.74 Å². The van der Waals surface area contributed by atoms with Crippen molar-refractivity contribution in [2.45, 2.75) is 11.4 Å². The van der Waals surface area contributed by atoms with Crippen LogP contribution >= 0.6 is 0 Å². The maximum absolute atomic E-state index is 13.8. The second-order valence-electron chi connectivity index (χ2n) is 5.48. The van der Waals surface area contributed by atoms with Crippen LogP contribution in [0.15, 0.2) is 38.9 Å². The minimum atomic E-state index is -4.17. The smallest absolute Gasteiger partial charge is 0.330 e. The van der Waals surface area contributed by atoms with E-state index < -0.39 is 32.0 Å². The summed E-state index contributed by atoms with van der Waals surface area (Å²) in [4.78, 5) is 23.3. The van der Waals surface area contributed by atoms with Gasteiger partial charge in [-0.05, 0) is 17.7 Å².